The fraction of sp³-hybridized carbons (Fsp3) is 0.167. The number of carbonyl (C=O) groups is 2. The Labute approximate surface area is 57.6 Å². The molecule has 0 aromatic heterocycles. The number of rotatable bonds is 2. The van der Waals surface area contributed by atoms with Crippen LogP contribution >= 0.6 is 0 Å². The van der Waals surface area contributed by atoms with Gasteiger partial charge in [-0.15, -0.1) is 0 Å². The summed E-state index contributed by atoms with van der Waals surface area (Å²) >= 11 is 0. The van der Waals surface area contributed by atoms with E-state index < -0.39 is 5.78 Å². The number of Topliss-reactive ketones (excluding diaryl/α,β-unsaturated/α-hetero) is 1. The third kappa shape index (κ3) is 1.28. The molecule has 0 amide bonds. The minimum atomic E-state index is -0.572. The number of nitrogens with one attached hydrogen (secondary N) is 1. The Morgan fingerprint density at radius 2 is 2.60 bits per heavy atom. The van der Waals surface area contributed by atoms with Crippen molar-refractivity contribution in [2.24, 2.45) is 4.99 Å². The highest BCUT2D eigenvalue weighted by atomic mass is 16.2. The predicted molar refractivity (Wildman–Crippen MR) is 35.6 cm³/mol. The molecule has 4 nitrogen and oxygen atoms in total. The van der Waals surface area contributed by atoms with E-state index in [2.05, 4.69) is 10.3 Å². The van der Waals surface area contributed by atoms with Crippen LogP contribution in [0.5, 0.6) is 0 Å². The van der Waals surface area contributed by atoms with Gasteiger partial charge in [-0.3, -0.25) is 14.6 Å². The fourth-order valence-electron chi connectivity index (χ4n) is 0.595. The average molecular weight is 138 g/mol. The van der Waals surface area contributed by atoms with Crippen molar-refractivity contribution in [2.45, 2.75) is 0 Å². The van der Waals surface area contributed by atoms with Crippen molar-refractivity contribution in [1.82, 2.24) is 5.32 Å². The van der Waals surface area contributed by atoms with Gasteiger partial charge in [-0.05, 0) is 6.08 Å². The number of aldehydes is 1. The summed E-state index contributed by atoms with van der Waals surface area (Å²) in [5, 5.41) is 2.76. The normalized spacial score (nSPS) is 15.4. The molecule has 0 aromatic carbocycles. The summed E-state index contributed by atoms with van der Waals surface area (Å²) in [5.74, 6) is -0.572. The van der Waals surface area contributed by atoms with Crippen LogP contribution < -0.4 is 5.32 Å². The van der Waals surface area contributed by atoms with Crippen LogP contribution in [-0.2, 0) is 9.59 Å². The number of ketones is 1. The number of allylic oxidation sites excluding steroid dienone is 1. The first kappa shape index (κ1) is 6.67. The lowest BCUT2D eigenvalue weighted by Gasteiger charge is -2.02. The molecule has 1 aliphatic rings. The number of hydrogen-bond acceptors (Lipinski definition) is 4. The Morgan fingerprint density at radius 1 is 1.80 bits per heavy atom. The SMILES string of the molecule is O=CC(=O)C1=NCNC=C1. The molecule has 0 fully saturated rings. The van der Waals surface area contributed by atoms with Gasteiger partial charge in [-0.1, -0.05) is 0 Å². The number of aliphatic imine (C=N–C) groups is 1. The van der Waals surface area contributed by atoms with E-state index in [4.69, 9.17) is 0 Å². The van der Waals surface area contributed by atoms with Gasteiger partial charge in [0.2, 0.25) is 5.78 Å². The second-order valence-corrected chi connectivity index (χ2v) is 1.72. The summed E-state index contributed by atoms with van der Waals surface area (Å²) in [6, 6.07) is 0. The molecule has 0 aromatic rings. The molecule has 0 atom stereocenters. The van der Waals surface area contributed by atoms with Gasteiger partial charge in [-0.25, -0.2) is 0 Å². The van der Waals surface area contributed by atoms with Crippen LogP contribution in [0.15, 0.2) is 17.3 Å². The zero-order valence-corrected chi connectivity index (χ0v) is 5.20. The first-order valence-electron chi connectivity index (χ1n) is 2.78. The maximum atomic E-state index is 10.6. The molecule has 1 aliphatic heterocycles. The maximum Gasteiger partial charge on any atom is 0.243 e. The highest BCUT2D eigenvalue weighted by Crippen LogP contribution is 1.87. The summed E-state index contributed by atoms with van der Waals surface area (Å²) < 4.78 is 0. The van der Waals surface area contributed by atoms with Gasteiger partial charge in [0, 0.05) is 6.20 Å². The number of hydrogen-bond donors (Lipinski definition) is 1. The molecule has 0 bridgehead atoms. The van der Waals surface area contributed by atoms with E-state index in [9.17, 15) is 9.59 Å². The second kappa shape index (κ2) is 2.91. The molecule has 52 valence electrons. The summed E-state index contributed by atoms with van der Waals surface area (Å²) in [4.78, 5) is 24.2. The van der Waals surface area contributed by atoms with E-state index in [1.165, 1.54) is 6.08 Å². The molecule has 0 radical (unpaired) electrons. The van der Waals surface area contributed by atoms with Crippen LogP contribution in [0.1, 0.15) is 0 Å². The Kier molecular flexibility index (Phi) is 1.94. The van der Waals surface area contributed by atoms with Gasteiger partial charge in [0.1, 0.15) is 12.4 Å². The van der Waals surface area contributed by atoms with Gasteiger partial charge >= 0.3 is 0 Å². The third-order valence-corrected chi connectivity index (χ3v) is 1.06. The third-order valence-electron chi connectivity index (χ3n) is 1.06. The Balaban J connectivity index is 2.72. The average Bonchev–Trinajstić information content (AvgIpc) is 2.05. The Morgan fingerprint density at radius 3 is 3.10 bits per heavy atom. The van der Waals surface area contributed by atoms with E-state index in [-0.39, 0.29) is 12.0 Å². The lowest BCUT2D eigenvalue weighted by atomic mass is 10.2. The van der Waals surface area contributed by atoms with Crippen molar-refractivity contribution >= 4 is 17.8 Å². The van der Waals surface area contributed by atoms with Crippen LogP contribution in [0.2, 0.25) is 0 Å². The summed E-state index contributed by atoms with van der Waals surface area (Å²) in [6.07, 6.45) is 3.32. The van der Waals surface area contributed by atoms with Crippen molar-refractivity contribution in [3.8, 4) is 0 Å². The van der Waals surface area contributed by atoms with E-state index in [1.807, 2.05) is 0 Å². The van der Waals surface area contributed by atoms with Gasteiger partial charge in [-0.2, -0.15) is 0 Å². The smallest absolute Gasteiger partial charge is 0.243 e. The minimum absolute atomic E-state index is 0.216. The van der Waals surface area contributed by atoms with Gasteiger partial charge < -0.3 is 5.32 Å². The molecule has 1 rings (SSSR count). The molecule has 0 saturated carbocycles. The Hall–Kier alpha value is -1.45. The van der Waals surface area contributed by atoms with Gasteiger partial charge in [0.05, 0.1) is 0 Å². The van der Waals surface area contributed by atoms with E-state index >= 15 is 0 Å². The number of carbonyl (C=O) groups excluding carboxylic acids is 2. The molecule has 0 spiro atoms. The summed E-state index contributed by atoms with van der Waals surface area (Å²) in [7, 11) is 0. The van der Waals surface area contributed by atoms with Crippen molar-refractivity contribution in [3.63, 3.8) is 0 Å². The van der Waals surface area contributed by atoms with Crippen LogP contribution in [0.25, 0.3) is 0 Å². The van der Waals surface area contributed by atoms with Crippen LogP contribution in [0.4, 0.5) is 0 Å². The molecule has 0 aliphatic carbocycles. The van der Waals surface area contributed by atoms with Crippen molar-refractivity contribution in [1.29, 1.82) is 0 Å². The van der Waals surface area contributed by atoms with Crippen molar-refractivity contribution < 1.29 is 9.59 Å². The first-order valence-corrected chi connectivity index (χ1v) is 2.78. The van der Waals surface area contributed by atoms with Gasteiger partial charge in [0.25, 0.3) is 0 Å². The Bertz CT molecular complexity index is 218. The molecule has 1 N–H and O–H groups in total. The molecule has 10 heavy (non-hydrogen) atoms. The molecule has 4 heteroatoms. The summed E-state index contributed by atoms with van der Waals surface area (Å²) in [6.45, 7) is 0.366. The fourth-order valence-corrected chi connectivity index (χ4v) is 0.595. The maximum absolute atomic E-state index is 10.6. The summed E-state index contributed by atoms with van der Waals surface area (Å²) in [5.41, 5.74) is 0.216. The molecular weight excluding hydrogens is 132 g/mol. The molecular formula is C6H6N2O2. The molecule has 0 unspecified atom stereocenters. The van der Waals surface area contributed by atoms with Crippen LogP contribution in [0.3, 0.4) is 0 Å². The van der Waals surface area contributed by atoms with Crippen molar-refractivity contribution in [3.05, 3.63) is 12.3 Å². The lowest BCUT2D eigenvalue weighted by Crippen LogP contribution is -2.20. The zero-order valence-electron chi connectivity index (χ0n) is 5.20. The van der Waals surface area contributed by atoms with Crippen molar-refractivity contribution in [2.75, 3.05) is 6.67 Å². The van der Waals surface area contributed by atoms with E-state index in [0.717, 1.165) is 0 Å². The first-order chi connectivity index (χ1) is 4.84. The molecule has 0 saturated heterocycles. The quantitative estimate of drug-likeness (QED) is 0.404. The number of nitrogens with zero attached hydrogens (tertiary/aromatic N) is 1. The van der Waals surface area contributed by atoms with Crippen LogP contribution in [0, 0.1) is 0 Å². The van der Waals surface area contributed by atoms with E-state index in [0.29, 0.717) is 6.67 Å². The monoisotopic (exact) mass is 138 g/mol. The minimum Gasteiger partial charge on any atom is -0.372 e. The zero-order chi connectivity index (χ0) is 7.40. The van der Waals surface area contributed by atoms with Crippen LogP contribution in [-0.4, -0.2) is 24.4 Å². The largest absolute Gasteiger partial charge is 0.372 e. The van der Waals surface area contributed by atoms with Gasteiger partial charge in [0.15, 0.2) is 6.29 Å². The second-order valence-electron chi connectivity index (χ2n) is 1.72. The molecule has 1 heterocycles. The highest BCUT2D eigenvalue weighted by molar-refractivity contribution is 6.62. The highest BCUT2D eigenvalue weighted by Gasteiger charge is 2.06. The predicted octanol–water partition coefficient (Wildman–Crippen LogP) is -0.730. The lowest BCUT2D eigenvalue weighted by molar-refractivity contribution is -0.125. The van der Waals surface area contributed by atoms with E-state index in [1.54, 1.807) is 6.20 Å². The standard InChI is InChI=1S/C6H6N2O2/c9-3-6(10)5-1-2-7-4-8-5/h1-3,7H,4H2. The topological polar surface area (TPSA) is 58.5 Å².